The molecular weight excluding hydrogens is 401 g/mol. The van der Waals surface area contributed by atoms with Crippen LogP contribution in [0.25, 0.3) is 0 Å². The van der Waals surface area contributed by atoms with E-state index >= 15 is 0 Å². The third-order valence-electron chi connectivity index (χ3n) is 3.33. The summed E-state index contributed by atoms with van der Waals surface area (Å²) < 4.78 is 10.5. The first-order valence-electron chi connectivity index (χ1n) is 7.71. The third-order valence-corrected chi connectivity index (χ3v) is 4.35. The summed E-state index contributed by atoms with van der Waals surface area (Å²) in [6.45, 7) is 3.48. The van der Waals surface area contributed by atoms with Crippen LogP contribution in [-0.4, -0.2) is 24.6 Å². The number of ether oxygens (including phenoxy) is 2. The lowest BCUT2D eigenvalue weighted by atomic mass is 10.1. The van der Waals surface area contributed by atoms with E-state index in [1.807, 2.05) is 0 Å². The molecule has 0 aliphatic rings. The lowest BCUT2D eigenvalue weighted by Gasteiger charge is -2.17. The molecule has 0 bridgehead atoms. The van der Waals surface area contributed by atoms with Gasteiger partial charge in [0.25, 0.3) is 5.91 Å². The Bertz CT molecular complexity index is 826. The van der Waals surface area contributed by atoms with Crippen LogP contribution in [0.1, 0.15) is 24.2 Å². The Morgan fingerprint density at radius 2 is 1.73 bits per heavy atom. The first-order valence-corrected chi connectivity index (χ1v) is 8.85. The molecule has 2 aromatic carbocycles. The molecule has 0 fully saturated rings. The molecule has 138 valence electrons. The average molecular weight is 417 g/mol. The van der Waals surface area contributed by atoms with Gasteiger partial charge in [0.05, 0.1) is 32.9 Å². The maximum atomic E-state index is 12.4. The Labute approximate surface area is 166 Å². The van der Waals surface area contributed by atoms with Crippen LogP contribution in [0.2, 0.25) is 15.1 Å². The highest BCUT2D eigenvalue weighted by Gasteiger charge is 2.20. The van der Waals surface area contributed by atoms with Crippen molar-refractivity contribution in [3.63, 3.8) is 0 Å². The molecule has 8 heteroatoms. The van der Waals surface area contributed by atoms with E-state index in [0.29, 0.717) is 5.69 Å². The Balaban J connectivity index is 2.13. The van der Waals surface area contributed by atoms with Gasteiger partial charge in [-0.2, -0.15) is 0 Å². The average Bonchev–Trinajstić information content (AvgIpc) is 2.60. The van der Waals surface area contributed by atoms with E-state index in [-0.39, 0.29) is 33.0 Å². The minimum Gasteiger partial charge on any atom is -0.479 e. The maximum Gasteiger partial charge on any atom is 0.340 e. The lowest BCUT2D eigenvalue weighted by Crippen LogP contribution is -2.31. The molecule has 0 unspecified atom stereocenters. The summed E-state index contributed by atoms with van der Waals surface area (Å²) in [6.07, 6.45) is -0.903. The Morgan fingerprint density at radius 1 is 1.08 bits per heavy atom. The van der Waals surface area contributed by atoms with Crippen LogP contribution in [0.4, 0.5) is 5.69 Å². The highest BCUT2D eigenvalue weighted by molar-refractivity contribution is 6.43. The number of halogens is 3. The van der Waals surface area contributed by atoms with Crippen molar-refractivity contribution < 1.29 is 19.1 Å². The molecule has 0 aliphatic carbocycles. The summed E-state index contributed by atoms with van der Waals surface area (Å²) >= 11 is 17.9. The van der Waals surface area contributed by atoms with Crippen molar-refractivity contribution in [1.82, 2.24) is 0 Å². The molecule has 1 N–H and O–H groups in total. The minimum atomic E-state index is -0.903. The smallest absolute Gasteiger partial charge is 0.340 e. The minimum absolute atomic E-state index is 0.224. The quantitative estimate of drug-likeness (QED) is 0.517. The largest absolute Gasteiger partial charge is 0.479 e. The van der Waals surface area contributed by atoms with Gasteiger partial charge in [0.15, 0.2) is 6.10 Å². The van der Waals surface area contributed by atoms with Crippen molar-refractivity contribution in [3.8, 4) is 5.75 Å². The molecule has 2 aromatic rings. The summed E-state index contributed by atoms with van der Waals surface area (Å²) in [7, 11) is 0. The first kappa shape index (κ1) is 20.4. The van der Waals surface area contributed by atoms with Crippen molar-refractivity contribution in [2.45, 2.75) is 20.0 Å². The molecule has 0 radical (unpaired) electrons. The number of rotatable bonds is 6. The van der Waals surface area contributed by atoms with Crippen LogP contribution < -0.4 is 10.1 Å². The molecular formula is C18H16Cl3NO4. The zero-order valence-corrected chi connectivity index (χ0v) is 16.3. The van der Waals surface area contributed by atoms with Crippen LogP contribution in [0.5, 0.6) is 5.75 Å². The van der Waals surface area contributed by atoms with Crippen molar-refractivity contribution in [2.75, 3.05) is 11.9 Å². The lowest BCUT2D eigenvalue weighted by molar-refractivity contribution is -0.122. The molecule has 5 nitrogen and oxygen atoms in total. The number of benzene rings is 2. The predicted molar refractivity (Wildman–Crippen MR) is 103 cm³/mol. The zero-order valence-electron chi connectivity index (χ0n) is 14.0. The summed E-state index contributed by atoms with van der Waals surface area (Å²) in [5.74, 6) is -0.768. The molecule has 0 spiro atoms. The van der Waals surface area contributed by atoms with Crippen LogP contribution in [-0.2, 0) is 9.53 Å². The van der Waals surface area contributed by atoms with Crippen LogP contribution in [0.3, 0.4) is 0 Å². The van der Waals surface area contributed by atoms with E-state index in [1.54, 1.807) is 38.1 Å². The van der Waals surface area contributed by atoms with E-state index in [0.717, 1.165) is 0 Å². The van der Waals surface area contributed by atoms with E-state index < -0.39 is 18.0 Å². The molecule has 2 rings (SSSR count). The number of nitrogens with one attached hydrogen (secondary N) is 1. The third kappa shape index (κ3) is 5.04. The van der Waals surface area contributed by atoms with Crippen molar-refractivity contribution in [1.29, 1.82) is 0 Å². The summed E-state index contributed by atoms with van der Waals surface area (Å²) in [6, 6.07) is 9.40. The van der Waals surface area contributed by atoms with E-state index in [1.165, 1.54) is 12.1 Å². The topological polar surface area (TPSA) is 64.6 Å². The van der Waals surface area contributed by atoms with Gasteiger partial charge in [-0.15, -0.1) is 0 Å². The Morgan fingerprint density at radius 3 is 2.42 bits per heavy atom. The highest BCUT2D eigenvalue weighted by Crippen LogP contribution is 2.34. The standard InChI is InChI=1S/C18H16Cl3NO4/c1-3-25-18(24)11-6-4-5-7-15(11)22-17(23)10(2)26-16-9-13(20)12(19)8-14(16)21/h4-10H,3H2,1-2H3,(H,22,23)/t10-/m1/s1. The second-order valence-electron chi connectivity index (χ2n) is 5.21. The molecule has 26 heavy (non-hydrogen) atoms. The molecule has 0 aromatic heterocycles. The van der Waals surface area contributed by atoms with E-state index in [2.05, 4.69) is 5.32 Å². The van der Waals surface area contributed by atoms with Crippen molar-refractivity contribution >= 4 is 52.4 Å². The summed E-state index contributed by atoms with van der Waals surface area (Å²) in [5.41, 5.74) is 0.578. The van der Waals surface area contributed by atoms with Gasteiger partial charge in [-0.05, 0) is 32.0 Å². The van der Waals surface area contributed by atoms with Gasteiger partial charge in [-0.3, -0.25) is 4.79 Å². The van der Waals surface area contributed by atoms with Crippen LogP contribution in [0.15, 0.2) is 36.4 Å². The number of para-hydroxylation sites is 1. The fraction of sp³-hybridized carbons (Fsp3) is 0.222. The van der Waals surface area contributed by atoms with Gasteiger partial charge in [-0.1, -0.05) is 46.9 Å². The Kier molecular flexibility index (Phi) is 7.14. The van der Waals surface area contributed by atoms with Gasteiger partial charge in [0.2, 0.25) is 0 Å². The molecule has 0 aliphatic heterocycles. The van der Waals surface area contributed by atoms with Gasteiger partial charge < -0.3 is 14.8 Å². The molecule has 1 atom stereocenters. The number of amides is 1. The normalized spacial score (nSPS) is 11.6. The van der Waals surface area contributed by atoms with Gasteiger partial charge in [0.1, 0.15) is 5.75 Å². The fourth-order valence-electron chi connectivity index (χ4n) is 2.05. The van der Waals surface area contributed by atoms with Crippen LogP contribution in [0, 0.1) is 0 Å². The van der Waals surface area contributed by atoms with Crippen LogP contribution >= 0.6 is 34.8 Å². The number of hydrogen-bond donors (Lipinski definition) is 1. The number of esters is 1. The van der Waals surface area contributed by atoms with Gasteiger partial charge in [0, 0.05) is 6.07 Å². The van der Waals surface area contributed by atoms with Crippen molar-refractivity contribution in [3.05, 3.63) is 57.0 Å². The molecule has 1 amide bonds. The van der Waals surface area contributed by atoms with Gasteiger partial charge in [-0.25, -0.2) is 4.79 Å². The summed E-state index contributed by atoms with van der Waals surface area (Å²) in [4.78, 5) is 24.4. The number of anilines is 1. The van der Waals surface area contributed by atoms with Gasteiger partial charge >= 0.3 is 5.97 Å². The molecule has 0 saturated carbocycles. The maximum absolute atomic E-state index is 12.4. The Hall–Kier alpha value is -1.95. The second-order valence-corrected chi connectivity index (χ2v) is 6.43. The highest BCUT2D eigenvalue weighted by atomic mass is 35.5. The zero-order chi connectivity index (χ0) is 19.3. The SMILES string of the molecule is CCOC(=O)c1ccccc1NC(=O)[C@@H](C)Oc1cc(Cl)c(Cl)cc1Cl. The number of carbonyl (C=O) groups excluding carboxylic acids is 2. The predicted octanol–water partition coefficient (Wildman–Crippen LogP) is 5.23. The van der Waals surface area contributed by atoms with Crippen molar-refractivity contribution in [2.24, 2.45) is 0 Å². The first-order chi connectivity index (χ1) is 12.3. The molecule has 0 heterocycles. The van der Waals surface area contributed by atoms with E-state index in [4.69, 9.17) is 44.3 Å². The number of carbonyl (C=O) groups is 2. The monoisotopic (exact) mass is 415 g/mol. The fourth-order valence-corrected chi connectivity index (χ4v) is 2.63. The van der Waals surface area contributed by atoms with E-state index in [9.17, 15) is 9.59 Å². The molecule has 0 saturated heterocycles. The second kappa shape index (κ2) is 9.12. The number of hydrogen-bond acceptors (Lipinski definition) is 4. The summed E-state index contributed by atoms with van der Waals surface area (Å²) in [5, 5.41) is 3.41.